The van der Waals surface area contributed by atoms with E-state index < -0.39 is 41.7 Å². The SMILES string of the molecule is CC(C)(C)C(=O)C(=O)OCC1OC(n2cnc3c(N)ncnc32)C(O)C1O. The highest BCUT2D eigenvalue weighted by Gasteiger charge is 2.45. The van der Waals surface area contributed by atoms with Crippen LogP contribution >= 0.6 is 0 Å². The van der Waals surface area contributed by atoms with Crippen molar-refractivity contribution in [2.75, 3.05) is 12.3 Å². The Balaban J connectivity index is 1.73. The van der Waals surface area contributed by atoms with Crippen LogP contribution < -0.4 is 5.73 Å². The van der Waals surface area contributed by atoms with Gasteiger partial charge in [-0.15, -0.1) is 0 Å². The number of ketones is 1. The average Bonchev–Trinajstić information content (AvgIpc) is 3.15. The molecular weight excluding hydrogens is 358 g/mol. The van der Waals surface area contributed by atoms with Crippen molar-refractivity contribution < 1.29 is 29.3 Å². The molecule has 1 fully saturated rings. The minimum absolute atomic E-state index is 0.165. The topological polar surface area (TPSA) is 163 Å². The molecule has 4 atom stereocenters. The predicted octanol–water partition coefficient (Wildman–Crippen LogP) is -0.814. The fourth-order valence-electron chi connectivity index (χ4n) is 2.68. The second kappa shape index (κ2) is 6.83. The molecule has 11 heteroatoms. The number of carbonyl (C=O) groups excluding carboxylic acids is 2. The maximum Gasteiger partial charge on any atom is 0.375 e. The van der Waals surface area contributed by atoms with E-state index in [2.05, 4.69) is 15.0 Å². The number of Topliss-reactive ketones (excluding diaryl/α,β-unsaturated/α-hetero) is 1. The lowest BCUT2D eigenvalue weighted by atomic mass is 9.91. The van der Waals surface area contributed by atoms with Crippen LogP contribution in [0.25, 0.3) is 11.2 Å². The van der Waals surface area contributed by atoms with Crippen LogP contribution in [0.1, 0.15) is 27.0 Å². The van der Waals surface area contributed by atoms with Gasteiger partial charge < -0.3 is 25.4 Å². The molecule has 0 aromatic carbocycles. The number of aliphatic hydroxyl groups is 2. The Kier molecular flexibility index (Phi) is 4.84. The van der Waals surface area contributed by atoms with Crippen LogP contribution in [0.4, 0.5) is 5.82 Å². The highest BCUT2D eigenvalue weighted by Crippen LogP contribution is 2.32. The zero-order valence-electron chi connectivity index (χ0n) is 15.1. The molecule has 0 saturated carbocycles. The maximum absolute atomic E-state index is 11.9. The molecule has 0 bridgehead atoms. The summed E-state index contributed by atoms with van der Waals surface area (Å²) in [4.78, 5) is 35.7. The first-order chi connectivity index (χ1) is 12.6. The Morgan fingerprint density at radius 2 is 1.96 bits per heavy atom. The highest BCUT2D eigenvalue weighted by atomic mass is 16.6. The molecule has 3 rings (SSSR count). The van der Waals surface area contributed by atoms with Gasteiger partial charge in [-0.2, -0.15) is 0 Å². The summed E-state index contributed by atoms with van der Waals surface area (Å²) in [6.45, 7) is 4.39. The first-order valence-electron chi connectivity index (χ1n) is 8.27. The standard InChI is InChI=1S/C16H21N5O6/c1-16(2,3)11(24)15(25)26-4-7-9(22)10(23)14(27-7)21-6-20-8-12(17)18-5-19-13(8)21/h5-7,9-10,14,22-23H,4H2,1-3H3,(H2,17,18,19). The Morgan fingerprint density at radius 3 is 2.63 bits per heavy atom. The van der Waals surface area contributed by atoms with Gasteiger partial charge in [0.05, 0.1) is 6.33 Å². The van der Waals surface area contributed by atoms with E-state index in [-0.39, 0.29) is 12.4 Å². The summed E-state index contributed by atoms with van der Waals surface area (Å²) in [5.41, 5.74) is 5.49. The number of carbonyl (C=O) groups is 2. The molecule has 2 aromatic rings. The Morgan fingerprint density at radius 1 is 1.26 bits per heavy atom. The molecule has 4 N–H and O–H groups in total. The number of nitrogen functional groups attached to an aromatic ring is 1. The molecule has 1 aliphatic heterocycles. The first kappa shape index (κ1) is 19.1. The van der Waals surface area contributed by atoms with E-state index in [1.807, 2.05) is 0 Å². The third-order valence-corrected chi connectivity index (χ3v) is 4.24. The van der Waals surface area contributed by atoms with Gasteiger partial charge >= 0.3 is 5.97 Å². The number of imidazole rings is 1. The van der Waals surface area contributed by atoms with Crippen molar-refractivity contribution in [3.63, 3.8) is 0 Å². The number of hydrogen-bond acceptors (Lipinski definition) is 10. The number of nitrogens with two attached hydrogens (primary N) is 1. The number of ether oxygens (including phenoxy) is 2. The van der Waals surface area contributed by atoms with Crippen molar-refractivity contribution in [1.29, 1.82) is 0 Å². The molecule has 1 aliphatic rings. The van der Waals surface area contributed by atoms with E-state index in [1.54, 1.807) is 20.8 Å². The summed E-state index contributed by atoms with van der Waals surface area (Å²) in [6.07, 6.45) is -2.14. The van der Waals surface area contributed by atoms with Crippen molar-refractivity contribution in [3.8, 4) is 0 Å². The second-order valence-corrected chi connectivity index (χ2v) is 7.31. The van der Waals surface area contributed by atoms with Crippen LogP contribution in [0.15, 0.2) is 12.7 Å². The predicted molar refractivity (Wildman–Crippen MR) is 91.1 cm³/mol. The summed E-state index contributed by atoms with van der Waals surface area (Å²) in [5, 5.41) is 20.5. The van der Waals surface area contributed by atoms with E-state index in [0.29, 0.717) is 11.2 Å². The van der Waals surface area contributed by atoms with Crippen molar-refractivity contribution in [3.05, 3.63) is 12.7 Å². The first-order valence-corrected chi connectivity index (χ1v) is 8.27. The lowest BCUT2D eigenvalue weighted by Gasteiger charge is -2.18. The van der Waals surface area contributed by atoms with Crippen molar-refractivity contribution in [2.45, 2.75) is 45.3 Å². The van der Waals surface area contributed by atoms with E-state index >= 15 is 0 Å². The fraction of sp³-hybridized carbons (Fsp3) is 0.562. The molecule has 1 saturated heterocycles. The fourth-order valence-corrected chi connectivity index (χ4v) is 2.68. The lowest BCUT2D eigenvalue weighted by Crippen LogP contribution is -2.37. The van der Waals surface area contributed by atoms with Gasteiger partial charge in [0.25, 0.3) is 0 Å². The number of fused-ring (bicyclic) bond motifs is 1. The minimum Gasteiger partial charge on any atom is -0.457 e. The quantitative estimate of drug-likeness (QED) is 0.452. The van der Waals surface area contributed by atoms with Crippen LogP contribution in [0.2, 0.25) is 0 Å². The molecule has 27 heavy (non-hydrogen) atoms. The van der Waals surface area contributed by atoms with Gasteiger partial charge in [-0.25, -0.2) is 19.7 Å². The maximum atomic E-state index is 11.9. The lowest BCUT2D eigenvalue weighted by molar-refractivity contribution is -0.161. The molecule has 0 amide bonds. The molecule has 2 aromatic heterocycles. The van der Waals surface area contributed by atoms with Crippen LogP contribution in [-0.2, 0) is 19.1 Å². The summed E-state index contributed by atoms with van der Waals surface area (Å²) in [6, 6.07) is 0. The molecule has 0 radical (unpaired) electrons. The smallest absolute Gasteiger partial charge is 0.375 e. The molecule has 4 unspecified atom stereocenters. The zero-order chi connectivity index (χ0) is 19.9. The van der Waals surface area contributed by atoms with E-state index in [0.717, 1.165) is 0 Å². The van der Waals surface area contributed by atoms with E-state index in [1.165, 1.54) is 17.2 Å². The van der Waals surface area contributed by atoms with Crippen molar-refractivity contribution in [1.82, 2.24) is 19.5 Å². The summed E-state index contributed by atoms with van der Waals surface area (Å²) >= 11 is 0. The summed E-state index contributed by atoms with van der Waals surface area (Å²) < 4.78 is 12.0. The monoisotopic (exact) mass is 379 g/mol. The van der Waals surface area contributed by atoms with Crippen molar-refractivity contribution in [2.24, 2.45) is 5.41 Å². The van der Waals surface area contributed by atoms with E-state index in [4.69, 9.17) is 15.2 Å². The number of aromatic nitrogens is 4. The van der Waals surface area contributed by atoms with Gasteiger partial charge in [-0.1, -0.05) is 20.8 Å². The number of rotatable bonds is 4. The second-order valence-electron chi connectivity index (χ2n) is 7.31. The summed E-state index contributed by atoms with van der Waals surface area (Å²) in [7, 11) is 0. The van der Waals surface area contributed by atoms with Crippen LogP contribution in [0.3, 0.4) is 0 Å². The average molecular weight is 379 g/mol. The molecular formula is C16H21N5O6. The number of hydrogen-bond donors (Lipinski definition) is 3. The molecule has 0 spiro atoms. The van der Waals surface area contributed by atoms with Gasteiger partial charge in [0, 0.05) is 5.41 Å². The third kappa shape index (κ3) is 3.48. The highest BCUT2D eigenvalue weighted by molar-refractivity contribution is 6.35. The number of esters is 1. The zero-order valence-corrected chi connectivity index (χ0v) is 15.1. The summed E-state index contributed by atoms with van der Waals surface area (Å²) in [5.74, 6) is -1.55. The third-order valence-electron chi connectivity index (χ3n) is 4.24. The number of aliphatic hydroxyl groups excluding tert-OH is 2. The molecule has 146 valence electrons. The normalized spacial score (nSPS) is 25.7. The van der Waals surface area contributed by atoms with Gasteiger partial charge in [-0.3, -0.25) is 9.36 Å². The largest absolute Gasteiger partial charge is 0.457 e. The van der Waals surface area contributed by atoms with Gasteiger partial charge in [0.15, 0.2) is 17.7 Å². The minimum atomic E-state index is -1.34. The van der Waals surface area contributed by atoms with Crippen LogP contribution in [-0.4, -0.2) is 66.4 Å². The van der Waals surface area contributed by atoms with Crippen molar-refractivity contribution >= 4 is 28.7 Å². The Labute approximate surface area is 154 Å². The van der Waals surface area contributed by atoms with Gasteiger partial charge in [0.2, 0.25) is 5.78 Å². The molecule has 3 heterocycles. The Bertz CT molecular complexity index is 876. The van der Waals surface area contributed by atoms with Crippen LogP contribution in [0, 0.1) is 5.41 Å². The molecule has 11 nitrogen and oxygen atoms in total. The van der Waals surface area contributed by atoms with Gasteiger partial charge in [0.1, 0.15) is 36.8 Å². The van der Waals surface area contributed by atoms with Gasteiger partial charge in [-0.05, 0) is 0 Å². The van der Waals surface area contributed by atoms with E-state index in [9.17, 15) is 19.8 Å². The molecule has 0 aliphatic carbocycles. The van der Waals surface area contributed by atoms with Crippen LogP contribution in [0.5, 0.6) is 0 Å². The Hall–Kier alpha value is -2.63. The number of nitrogens with zero attached hydrogens (tertiary/aromatic N) is 4. The number of anilines is 1.